The summed E-state index contributed by atoms with van der Waals surface area (Å²) in [4.78, 5) is 22.1. The number of phenols is 1. The second-order valence-corrected chi connectivity index (χ2v) is 4.03. The number of hydrogen-bond acceptors (Lipinski definition) is 5. The summed E-state index contributed by atoms with van der Waals surface area (Å²) in [6.45, 7) is 1.70. The van der Waals surface area contributed by atoms with E-state index in [0.717, 1.165) is 0 Å². The molecule has 1 unspecified atom stereocenters. The van der Waals surface area contributed by atoms with Crippen molar-refractivity contribution in [2.75, 3.05) is 7.11 Å². The van der Waals surface area contributed by atoms with Gasteiger partial charge in [0.2, 0.25) is 5.75 Å². The van der Waals surface area contributed by atoms with E-state index < -0.39 is 16.4 Å². The van der Waals surface area contributed by atoms with E-state index in [4.69, 9.17) is 4.74 Å². The molecule has 1 aliphatic rings. The predicted octanol–water partition coefficient (Wildman–Crippen LogP) is 1.68. The summed E-state index contributed by atoms with van der Waals surface area (Å²) in [5.74, 6) is -1.01. The van der Waals surface area contributed by atoms with Crippen molar-refractivity contribution in [3.05, 3.63) is 27.3 Å². The molecule has 6 heteroatoms. The van der Waals surface area contributed by atoms with Gasteiger partial charge in [-0.2, -0.15) is 0 Å². The molecule has 1 atom stereocenters. The van der Waals surface area contributed by atoms with Gasteiger partial charge < -0.3 is 9.84 Å². The Hall–Kier alpha value is -2.11. The van der Waals surface area contributed by atoms with Crippen molar-refractivity contribution in [1.82, 2.24) is 0 Å². The fourth-order valence-electron chi connectivity index (χ4n) is 2.12. The maximum absolute atomic E-state index is 11.8. The lowest BCUT2D eigenvalue weighted by atomic mass is 10.1. The monoisotopic (exact) mass is 237 g/mol. The van der Waals surface area contributed by atoms with Gasteiger partial charge in [0, 0.05) is 17.0 Å². The lowest BCUT2D eigenvalue weighted by molar-refractivity contribution is -0.386. The second-order valence-electron chi connectivity index (χ2n) is 4.03. The summed E-state index contributed by atoms with van der Waals surface area (Å²) in [7, 11) is 1.29. The van der Waals surface area contributed by atoms with Crippen LogP contribution in [0.4, 0.5) is 5.69 Å². The fraction of sp³-hybridized carbons (Fsp3) is 0.364. The van der Waals surface area contributed by atoms with Crippen molar-refractivity contribution in [3.63, 3.8) is 0 Å². The minimum absolute atomic E-state index is 0.0436. The number of nitro benzene ring substituents is 1. The number of ether oxygens (including phenoxy) is 1. The molecule has 0 spiro atoms. The molecule has 1 aromatic rings. The van der Waals surface area contributed by atoms with Gasteiger partial charge in [-0.05, 0) is 12.5 Å². The molecule has 0 fully saturated rings. The van der Waals surface area contributed by atoms with Gasteiger partial charge in [-0.1, -0.05) is 6.92 Å². The van der Waals surface area contributed by atoms with Crippen LogP contribution in [0.2, 0.25) is 0 Å². The highest BCUT2D eigenvalue weighted by Gasteiger charge is 2.37. The molecule has 0 aliphatic heterocycles. The second kappa shape index (κ2) is 3.73. The molecule has 0 amide bonds. The summed E-state index contributed by atoms with van der Waals surface area (Å²) in [5, 5.41) is 20.7. The number of phenolic OH excluding ortho intramolecular Hbond substituents is 1. The first-order valence-corrected chi connectivity index (χ1v) is 5.08. The number of hydrogen-bond donors (Lipinski definition) is 1. The molecule has 0 bridgehead atoms. The third-order valence-corrected chi connectivity index (χ3v) is 2.97. The van der Waals surface area contributed by atoms with E-state index in [0.29, 0.717) is 5.56 Å². The fourth-order valence-corrected chi connectivity index (χ4v) is 2.12. The number of ketones is 1. The molecule has 1 aromatic carbocycles. The lowest BCUT2D eigenvalue weighted by Crippen LogP contribution is -2.03. The van der Waals surface area contributed by atoms with E-state index in [1.54, 1.807) is 6.92 Å². The maximum atomic E-state index is 11.8. The number of nitrogens with zero attached hydrogens (tertiary/aromatic N) is 1. The van der Waals surface area contributed by atoms with Crippen LogP contribution in [0.25, 0.3) is 0 Å². The van der Waals surface area contributed by atoms with E-state index in [9.17, 15) is 20.0 Å². The molecule has 0 heterocycles. The average Bonchev–Trinajstić information content (AvgIpc) is 2.53. The van der Waals surface area contributed by atoms with Gasteiger partial charge in [0.25, 0.3) is 0 Å². The minimum Gasteiger partial charge on any atom is -0.500 e. The van der Waals surface area contributed by atoms with Gasteiger partial charge in [0.1, 0.15) is 0 Å². The van der Waals surface area contributed by atoms with Crippen molar-refractivity contribution in [2.24, 2.45) is 5.92 Å². The van der Waals surface area contributed by atoms with Crippen LogP contribution >= 0.6 is 0 Å². The van der Waals surface area contributed by atoms with Crippen molar-refractivity contribution < 1.29 is 19.6 Å². The summed E-state index contributed by atoms with van der Waals surface area (Å²) in [5.41, 5.74) is 0.154. The SMILES string of the molecule is COc1cc2c(c([N+](=O)[O-])c1O)CC(C)C2=O. The molecular weight excluding hydrogens is 226 g/mol. The third kappa shape index (κ3) is 1.52. The van der Waals surface area contributed by atoms with Gasteiger partial charge in [-0.15, -0.1) is 0 Å². The van der Waals surface area contributed by atoms with E-state index >= 15 is 0 Å². The Balaban J connectivity index is 2.76. The van der Waals surface area contributed by atoms with Crippen LogP contribution in [0.15, 0.2) is 6.07 Å². The first-order chi connectivity index (χ1) is 7.97. The molecule has 0 saturated carbocycles. The Labute approximate surface area is 97.0 Å². The smallest absolute Gasteiger partial charge is 0.318 e. The number of carbonyl (C=O) groups excluding carboxylic acids is 1. The maximum Gasteiger partial charge on any atom is 0.318 e. The Morgan fingerprint density at radius 3 is 2.76 bits per heavy atom. The van der Waals surface area contributed by atoms with Crippen LogP contribution in [0.1, 0.15) is 22.8 Å². The van der Waals surface area contributed by atoms with Crippen LogP contribution in [-0.2, 0) is 6.42 Å². The number of rotatable bonds is 2. The van der Waals surface area contributed by atoms with Crippen molar-refractivity contribution >= 4 is 11.5 Å². The molecule has 90 valence electrons. The number of aromatic hydroxyl groups is 1. The average molecular weight is 237 g/mol. The zero-order valence-corrected chi connectivity index (χ0v) is 9.39. The van der Waals surface area contributed by atoms with E-state index in [1.165, 1.54) is 13.2 Å². The number of nitro groups is 1. The Morgan fingerprint density at radius 1 is 1.59 bits per heavy atom. The first kappa shape index (κ1) is 11.4. The quantitative estimate of drug-likeness (QED) is 0.624. The van der Waals surface area contributed by atoms with Crippen LogP contribution in [0.3, 0.4) is 0 Å². The number of methoxy groups -OCH3 is 1. The molecular formula is C11H11NO5. The highest BCUT2D eigenvalue weighted by atomic mass is 16.6. The molecule has 0 aromatic heterocycles. The highest BCUT2D eigenvalue weighted by molar-refractivity contribution is 6.04. The Kier molecular flexibility index (Phi) is 2.49. The topological polar surface area (TPSA) is 89.7 Å². The number of benzene rings is 1. The van der Waals surface area contributed by atoms with Crippen molar-refractivity contribution in [3.8, 4) is 11.5 Å². The molecule has 2 rings (SSSR count). The minimum atomic E-state index is -0.679. The predicted molar refractivity (Wildman–Crippen MR) is 58.5 cm³/mol. The van der Waals surface area contributed by atoms with Crippen LogP contribution < -0.4 is 4.74 Å². The van der Waals surface area contributed by atoms with E-state index in [1.807, 2.05) is 0 Å². The first-order valence-electron chi connectivity index (χ1n) is 5.08. The summed E-state index contributed by atoms with van der Waals surface area (Å²) < 4.78 is 4.84. The summed E-state index contributed by atoms with van der Waals surface area (Å²) >= 11 is 0. The highest BCUT2D eigenvalue weighted by Crippen LogP contribution is 2.44. The molecule has 6 nitrogen and oxygen atoms in total. The zero-order valence-electron chi connectivity index (χ0n) is 9.39. The van der Waals surface area contributed by atoms with Gasteiger partial charge in [-0.3, -0.25) is 14.9 Å². The van der Waals surface area contributed by atoms with Crippen LogP contribution in [-0.4, -0.2) is 22.9 Å². The van der Waals surface area contributed by atoms with Gasteiger partial charge >= 0.3 is 5.69 Å². The Morgan fingerprint density at radius 2 is 2.24 bits per heavy atom. The van der Waals surface area contributed by atoms with Gasteiger partial charge in [-0.25, -0.2) is 0 Å². The van der Waals surface area contributed by atoms with Gasteiger partial charge in [0.15, 0.2) is 11.5 Å². The van der Waals surface area contributed by atoms with E-state index in [2.05, 4.69) is 0 Å². The van der Waals surface area contributed by atoms with Crippen LogP contribution in [0.5, 0.6) is 11.5 Å². The van der Waals surface area contributed by atoms with Crippen molar-refractivity contribution in [2.45, 2.75) is 13.3 Å². The largest absolute Gasteiger partial charge is 0.500 e. The number of Topliss-reactive ketones (excluding diaryl/α,β-unsaturated/α-hetero) is 1. The molecule has 0 radical (unpaired) electrons. The summed E-state index contributed by atoms with van der Waals surface area (Å²) in [6.07, 6.45) is 0.280. The zero-order chi connectivity index (χ0) is 12.7. The Bertz CT molecular complexity index is 523. The van der Waals surface area contributed by atoms with Crippen LogP contribution in [0, 0.1) is 16.0 Å². The van der Waals surface area contributed by atoms with Gasteiger partial charge in [0.05, 0.1) is 12.0 Å². The number of fused-ring (bicyclic) bond motifs is 1. The molecule has 0 saturated heterocycles. The molecule has 1 N–H and O–H groups in total. The normalized spacial score (nSPS) is 18.0. The summed E-state index contributed by atoms with van der Waals surface area (Å²) in [6, 6.07) is 1.36. The van der Waals surface area contributed by atoms with E-state index in [-0.39, 0.29) is 29.4 Å². The third-order valence-electron chi connectivity index (χ3n) is 2.97. The number of carbonyl (C=O) groups is 1. The molecule has 17 heavy (non-hydrogen) atoms. The standard InChI is InChI=1S/C11H11NO5/c1-5-3-6-7(10(5)13)4-8(17-2)11(14)9(6)12(15)16/h4-5,14H,3H2,1-2H3. The molecule has 1 aliphatic carbocycles. The lowest BCUT2D eigenvalue weighted by Gasteiger charge is -2.07. The van der Waals surface area contributed by atoms with Crippen molar-refractivity contribution in [1.29, 1.82) is 0 Å².